The molecule has 4 aromatic rings. The van der Waals surface area contributed by atoms with Crippen LogP contribution in [0.4, 0.5) is 0 Å². The fourth-order valence-corrected chi connectivity index (χ4v) is 2.84. The van der Waals surface area contributed by atoms with E-state index in [1.165, 1.54) is 0 Å². The van der Waals surface area contributed by atoms with E-state index in [9.17, 15) is 9.59 Å². The Morgan fingerprint density at radius 1 is 1.19 bits per heavy atom. The SMILES string of the molecule is C[C@H](NC(=O)Cn1nnc2ccccc2c1=O)c1cc2ccccc2o1. The first kappa shape index (κ1) is 16.0. The van der Waals surface area contributed by atoms with E-state index in [2.05, 4.69) is 15.6 Å². The lowest BCUT2D eigenvalue weighted by Gasteiger charge is -2.11. The molecule has 0 unspecified atom stereocenters. The number of carbonyl (C=O) groups excluding carboxylic acids is 1. The number of benzene rings is 2. The zero-order chi connectivity index (χ0) is 18.1. The number of amides is 1. The lowest BCUT2D eigenvalue weighted by atomic mass is 10.2. The maximum absolute atomic E-state index is 12.4. The number of para-hydroxylation sites is 1. The fourth-order valence-electron chi connectivity index (χ4n) is 2.84. The Hall–Kier alpha value is -3.48. The second-order valence-corrected chi connectivity index (χ2v) is 6.05. The van der Waals surface area contributed by atoms with E-state index in [0.29, 0.717) is 16.7 Å². The van der Waals surface area contributed by atoms with Gasteiger partial charge in [-0.05, 0) is 31.2 Å². The van der Waals surface area contributed by atoms with Crippen molar-refractivity contribution < 1.29 is 9.21 Å². The summed E-state index contributed by atoms with van der Waals surface area (Å²) in [4.78, 5) is 24.7. The number of furan rings is 1. The Labute approximate surface area is 148 Å². The summed E-state index contributed by atoms with van der Waals surface area (Å²) in [6.45, 7) is 1.62. The third-order valence-electron chi connectivity index (χ3n) is 4.17. The molecule has 0 saturated heterocycles. The van der Waals surface area contributed by atoms with Crippen LogP contribution in [0.1, 0.15) is 18.7 Å². The summed E-state index contributed by atoms with van der Waals surface area (Å²) in [6.07, 6.45) is 0. The van der Waals surface area contributed by atoms with Crippen LogP contribution in [0.3, 0.4) is 0 Å². The van der Waals surface area contributed by atoms with Crippen LogP contribution in [-0.4, -0.2) is 20.9 Å². The number of nitrogens with zero attached hydrogens (tertiary/aromatic N) is 3. The van der Waals surface area contributed by atoms with E-state index in [1.54, 1.807) is 24.3 Å². The van der Waals surface area contributed by atoms with E-state index in [-0.39, 0.29) is 24.1 Å². The highest BCUT2D eigenvalue weighted by molar-refractivity contribution is 5.80. The molecule has 2 heterocycles. The number of fused-ring (bicyclic) bond motifs is 2. The molecule has 0 spiro atoms. The van der Waals surface area contributed by atoms with Gasteiger partial charge in [-0.1, -0.05) is 35.5 Å². The summed E-state index contributed by atoms with van der Waals surface area (Å²) in [5, 5.41) is 12.0. The monoisotopic (exact) mass is 348 g/mol. The van der Waals surface area contributed by atoms with E-state index >= 15 is 0 Å². The van der Waals surface area contributed by atoms with Crippen molar-refractivity contribution in [3.8, 4) is 0 Å². The van der Waals surface area contributed by atoms with Crippen LogP contribution >= 0.6 is 0 Å². The van der Waals surface area contributed by atoms with Crippen molar-refractivity contribution in [3.05, 3.63) is 70.7 Å². The second-order valence-electron chi connectivity index (χ2n) is 6.05. The Kier molecular flexibility index (Phi) is 3.96. The predicted molar refractivity (Wildman–Crippen MR) is 96.6 cm³/mol. The topological polar surface area (TPSA) is 90.0 Å². The molecule has 0 fully saturated rings. The van der Waals surface area contributed by atoms with Crippen LogP contribution in [0.25, 0.3) is 21.9 Å². The number of nitrogens with one attached hydrogen (secondary N) is 1. The van der Waals surface area contributed by atoms with Gasteiger partial charge in [0.1, 0.15) is 23.4 Å². The smallest absolute Gasteiger partial charge is 0.278 e. The highest BCUT2D eigenvalue weighted by atomic mass is 16.3. The molecular formula is C19H16N4O3. The van der Waals surface area contributed by atoms with Gasteiger partial charge in [-0.25, -0.2) is 4.68 Å². The Balaban J connectivity index is 1.51. The Morgan fingerprint density at radius 3 is 2.81 bits per heavy atom. The van der Waals surface area contributed by atoms with Crippen molar-refractivity contribution in [2.75, 3.05) is 0 Å². The third-order valence-corrected chi connectivity index (χ3v) is 4.17. The third kappa shape index (κ3) is 2.95. The molecule has 4 rings (SSSR count). The van der Waals surface area contributed by atoms with Gasteiger partial charge < -0.3 is 9.73 Å². The number of hydrogen-bond acceptors (Lipinski definition) is 5. The molecule has 0 saturated carbocycles. The number of rotatable bonds is 4. The minimum atomic E-state index is -0.345. The molecule has 26 heavy (non-hydrogen) atoms. The highest BCUT2D eigenvalue weighted by Crippen LogP contribution is 2.23. The summed E-state index contributed by atoms with van der Waals surface area (Å²) >= 11 is 0. The van der Waals surface area contributed by atoms with Crippen LogP contribution in [-0.2, 0) is 11.3 Å². The van der Waals surface area contributed by atoms with Gasteiger partial charge in [-0.2, -0.15) is 0 Å². The summed E-state index contributed by atoms with van der Waals surface area (Å²) in [5.74, 6) is 0.307. The van der Waals surface area contributed by atoms with Gasteiger partial charge in [0.2, 0.25) is 5.91 Å². The van der Waals surface area contributed by atoms with E-state index in [0.717, 1.165) is 15.7 Å². The molecule has 0 bridgehead atoms. The van der Waals surface area contributed by atoms with Crippen LogP contribution in [0.5, 0.6) is 0 Å². The highest BCUT2D eigenvalue weighted by Gasteiger charge is 2.16. The summed E-state index contributed by atoms with van der Waals surface area (Å²) in [5.41, 5.74) is 0.923. The van der Waals surface area contributed by atoms with Crippen molar-refractivity contribution in [2.45, 2.75) is 19.5 Å². The molecule has 130 valence electrons. The molecule has 0 aliphatic carbocycles. The first-order valence-corrected chi connectivity index (χ1v) is 8.22. The van der Waals surface area contributed by atoms with Crippen molar-refractivity contribution in [3.63, 3.8) is 0 Å². The fraction of sp³-hybridized carbons (Fsp3) is 0.158. The average molecular weight is 348 g/mol. The summed E-state index contributed by atoms with van der Waals surface area (Å²) in [7, 11) is 0. The van der Waals surface area contributed by atoms with Crippen molar-refractivity contribution in [1.29, 1.82) is 0 Å². The molecule has 1 amide bonds. The van der Waals surface area contributed by atoms with E-state index < -0.39 is 0 Å². The van der Waals surface area contributed by atoms with Crippen LogP contribution in [0.15, 0.2) is 63.8 Å². The summed E-state index contributed by atoms with van der Waals surface area (Å²) < 4.78 is 6.81. The lowest BCUT2D eigenvalue weighted by Crippen LogP contribution is -2.35. The molecule has 0 aliphatic heterocycles. The molecule has 1 N–H and O–H groups in total. The van der Waals surface area contributed by atoms with Crippen molar-refractivity contribution in [1.82, 2.24) is 20.3 Å². The van der Waals surface area contributed by atoms with Crippen LogP contribution in [0, 0.1) is 0 Å². The largest absolute Gasteiger partial charge is 0.459 e. The Bertz CT molecular complexity index is 1130. The van der Waals surface area contributed by atoms with Crippen molar-refractivity contribution in [2.24, 2.45) is 0 Å². The van der Waals surface area contributed by atoms with Crippen LogP contribution in [0.2, 0.25) is 0 Å². The lowest BCUT2D eigenvalue weighted by molar-refractivity contribution is -0.122. The molecule has 0 radical (unpaired) electrons. The molecule has 0 aliphatic rings. The van der Waals surface area contributed by atoms with Gasteiger partial charge in [0.25, 0.3) is 5.56 Å². The predicted octanol–water partition coefficient (Wildman–Crippen LogP) is 2.42. The summed E-state index contributed by atoms with van der Waals surface area (Å²) in [6, 6.07) is 16.1. The van der Waals surface area contributed by atoms with Gasteiger partial charge >= 0.3 is 0 Å². The molecule has 7 nitrogen and oxygen atoms in total. The average Bonchev–Trinajstić information content (AvgIpc) is 3.09. The zero-order valence-electron chi connectivity index (χ0n) is 14.0. The minimum absolute atomic E-state index is 0.207. The van der Waals surface area contributed by atoms with Gasteiger partial charge in [0, 0.05) is 5.39 Å². The number of hydrogen-bond donors (Lipinski definition) is 1. The molecule has 2 aromatic carbocycles. The number of carbonyl (C=O) groups is 1. The minimum Gasteiger partial charge on any atom is -0.459 e. The molecule has 1 atom stereocenters. The maximum atomic E-state index is 12.4. The van der Waals surface area contributed by atoms with E-state index in [1.807, 2.05) is 37.3 Å². The molecule has 2 aromatic heterocycles. The first-order chi connectivity index (χ1) is 12.6. The number of aromatic nitrogens is 3. The van der Waals surface area contributed by atoms with Gasteiger partial charge in [0.15, 0.2) is 0 Å². The standard InChI is InChI=1S/C19H16N4O3/c1-12(17-10-13-6-2-5-9-16(13)26-17)20-18(24)11-23-19(25)14-7-3-4-8-15(14)21-22-23/h2-10,12H,11H2,1H3,(H,20,24)/t12-/m0/s1. The van der Waals surface area contributed by atoms with Gasteiger partial charge in [-0.3, -0.25) is 9.59 Å². The zero-order valence-corrected chi connectivity index (χ0v) is 14.0. The normalized spacial score (nSPS) is 12.3. The Morgan fingerprint density at radius 2 is 1.96 bits per heavy atom. The maximum Gasteiger partial charge on any atom is 0.278 e. The molecule has 7 heteroatoms. The first-order valence-electron chi connectivity index (χ1n) is 8.22. The van der Waals surface area contributed by atoms with Gasteiger partial charge in [0.05, 0.1) is 11.4 Å². The van der Waals surface area contributed by atoms with Gasteiger partial charge in [-0.15, -0.1) is 5.10 Å². The second kappa shape index (κ2) is 6.44. The molecular weight excluding hydrogens is 332 g/mol. The van der Waals surface area contributed by atoms with E-state index in [4.69, 9.17) is 4.42 Å². The quantitative estimate of drug-likeness (QED) is 0.612. The van der Waals surface area contributed by atoms with Crippen LogP contribution < -0.4 is 10.9 Å². The van der Waals surface area contributed by atoms with Crippen molar-refractivity contribution >= 4 is 27.8 Å².